The Labute approximate surface area is 109 Å². The average molecular weight is 253 g/mol. The lowest BCUT2D eigenvalue weighted by molar-refractivity contribution is -0.137. The molecule has 0 fully saturated rings. The maximum absolute atomic E-state index is 5.48. The monoisotopic (exact) mass is 253 g/mol. The second kappa shape index (κ2) is 8.78. The summed E-state index contributed by atoms with van der Waals surface area (Å²) in [6.07, 6.45) is 0.692. The summed E-state index contributed by atoms with van der Waals surface area (Å²) in [5.74, 6) is 0.853. The molecule has 4 heteroatoms. The predicted molar refractivity (Wildman–Crippen MR) is 73.1 cm³/mol. The molecule has 1 aromatic rings. The van der Waals surface area contributed by atoms with Crippen LogP contribution in [0.3, 0.4) is 0 Å². The van der Waals surface area contributed by atoms with Crippen molar-refractivity contribution in [1.29, 1.82) is 0 Å². The van der Waals surface area contributed by atoms with E-state index in [1.54, 1.807) is 7.11 Å². The van der Waals surface area contributed by atoms with Crippen molar-refractivity contribution in [2.75, 3.05) is 32.2 Å². The molecule has 4 nitrogen and oxygen atoms in total. The molecule has 0 aliphatic carbocycles. The van der Waals surface area contributed by atoms with Gasteiger partial charge in [-0.1, -0.05) is 6.07 Å². The lowest BCUT2D eigenvalue weighted by atomic mass is 10.3. The van der Waals surface area contributed by atoms with Crippen molar-refractivity contribution in [3.8, 4) is 5.75 Å². The van der Waals surface area contributed by atoms with Gasteiger partial charge in [0.2, 0.25) is 0 Å². The van der Waals surface area contributed by atoms with Gasteiger partial charge in [-0.15, -0.1) is 0 Å². The summed E-state index contributed by atoms with van der Waals surface area (Å²) < 4.78 is 16.1. The van der Waals surface area contributed by atoms with Crippen LogP contribution < -0.4 is 10.1 Å². The quantitative estimate of drug-likeness (QED) is 0.687. The lowest BCUT2D eigenvalue weighted by Gasteiger charge is -2.17. The van der Waals surface area contributed by atoms with Crippen molar-refractivity contribution in [1.82, 2.24) is 0 Å². The number of hydrogen-bond acceptors (Lipinski definition) is 4. The average Bonchev–Trinajstić information content (AvgIpc) is 2.39. The Hall–Kier alpha value is -1.26. The Morgan fingerprint density at radius 2 is 1.89 bits per heavy atom. The van der Waals surface area contributed by atoms with Gasteiger partial charge in [0.1, 0.15) is 5.75 Å². The van der Waals surface area contributed by atoms with Gasteiger partial charge in [0.05, 0.1) is 7.11 Å². The zero-order chi connectivity index (χ0) is 13.2. The van der Waals surface area contributed by atoms with Crippen molar-refractivity contribution in [2.24, 2.45) is 0 Å². The van der Waals surface area contributed by atoms with E-state index < -0.39 is 0 Å². The number of benzene rings is 1. The van der Waals surface area contributed by atoms with Crippen LogP contribution in [0.5, 0.6) is 5.75 Å². The highest BCUT2D eigenvalue weighted by molar-refractivity contribution is 5.47. The van der Waals surface area contributed by atoms with Crippen LogP contribution in [0.1, 0.15) is 20.3 Å². The molecule has 18 heavy (non-hydrogen) atoms. The van der Waals surface area contributed by atoms with Crippen LogP contribution in [0.25, 0.3) is 0 Å². The maximum atomic E-state index is 5.48. The second-order valence-electron chi connectivity index (χ2n) is 3.79. The molecule has 0 heterocycles. The van der Waals surface area contributed by atoms with Gasteiger partial charge >= 0.3 is 0 Å². The summed E-state index contributed by atoms with van der Waals surface area (Å²) >= 11 is 0. The maximum Gasteiger partial charge on any atom is 0.159 e. The number of rotatable bonds is 9. The highest BCUT2D eigenvalue weighted by Crippen LogP contribution is 2.16. The molecule has 0 spiro atoms. The number of hydrogen-bond donors (Lipinski definition) is 1. The molecule has 1 N–H and O–H groups in total. The fraction of sp³-hybridized carbons (Fsp3) is 0.571. The Kier molecular flexibility index (Phi) is 7.22. The van der Waals surface area contributed by atoms with E-state index >= 15 is 0 Å². The van der Waals surface area contributed by atoms with Gasteiger partial charge in [0.25, 0.3) is 0 Å². The van der Waals surface area contributed by atoms with E-state index in [2.05, 4.69) is 5.32 Å². The highest BCUT2D eigenvalue weighted by atomic mass is 16.7. The Balaban J connectivity index is 2.34. The third-order valence-electron chi connectivity index (χ3n) is 2.48. The van der Waals surface area contributed by atoms with Crippen LogP contribution in [-0.2, 0) is 9.47 Å². The Bertz CT molecular complexity index is 325. The fourth-order valence-corrected chi connectivity index (χ4v) is 1.65. The molecule has 0 saturated carbocycles. The first-order valence-corrected chi connectivity index (χ1v) is 6.41. The van der Waals surface area contributed by atoms with Gasteiger partial charge in [-0.25, -0.2) is 0 Å². The van der Waals surface area contributed by atoms with Crippen LogP contribution in [-0.4, -0.2) is 33.2 Å². The SMILES string of the molecule is CCOC(CCNc1cccc(OC)c1)OCC. The molecular weight excluding hydrogens is 230 g/mol. The zero-order valence-electron chi connectivity index (χ0n) is 11.4. The van der Waals surface area contributed by atoms with Crippen LogP contribution in [0.2, 0.25) is 0 Å². The third kappa shape index (κ3) is 5.38. The summed E-state index contributed by atoms with van der Waals surface area (Å²) in [6, 6.07) is 7.87. The van der Waals surface area contributed by atoms with Gasteiger partial charge in [-0.05, 0) is 26.0 Å². The molecule has 0 bridgehead atoms. The first kappa shape index (κ1) is 14.8. The third-order valence-corrected chi connectivity index (χ3v) is 2.48. The first-order valence-electron chi connectivity index (χ1n) is 6.41. The van der Waals surface area contributed by atoms with Crippen molar-refractivity contribution < 1.29 is 14.2 Å². The zero-order valence-corrected chi connectivity index (χ0v) is 11.4. The van der Waals surface area contributed by atoms with Crippen molar-refractivity contribution in [3.05, 3.63) is 24.3 Å². The van der Waals surface area contributed by atoms with E-state index in [9.17, 15) is 0 Å². The molecule has 0 atom stereocenters. The molecular formula is C14H23NO3. The smallest absolute Gasteiger partial charge is 0.159 e. The van der Waals surface area contributed by atoms with E-state index in [1.807, 2.05) is 38.1 Å². The predicted octanol–water partition coefficient (Wildman–Crippen LogP) is 2.90. The molecule has 0 radical (unpaired) electrons. The van der Waals surface area contributed by atoms with Crippen LogP contribution >= 0.6 is 0 Å². The number of nitrogens with one attached hydrogen (secondary N) is 1. The minimum Gasteiger partial charge on any atom is -0.497 e. The normalized spacial score (nSPS) is 10.7. The van der Waals surface area contributed by atoms with Gasteiger partial charge < -0.3 is 19.5 Å². The van der Waals surface area contributed by atoms with Gasteiger partial charge in [0.15, 0.2) is 6.29 Å². The van der Waals surface area contributed by atoms with Gasteiger partial charge in [-0.2, -0.15) is 0 Å². The van der Waals surface area contributed by atoms with E-state index in [0.717, 1.165) is 24.4 Å². The standard InChI is InChI=1S/C14H23NO3/c1-4-17-14(18-5-2)9-10-15-12-7-6-8-13(11-12)16-3/h6-8,11,14-15H,4-5,9-10H2,1-3H3. The molecule has 1 rings (SSSR count). The van der Waals surface area contributed by atoms with E-state index in [-0.39, 0.29) is 6.29 Å². The fourth-order valence-electron chi connectivity index (χ4n) is 1.65. The largest absolute Gasteiger partial charge is 0.497 e. The summed E-state index contributed by atoms with van der Waals surface area (Å²) in [4.78, 5) is 0. The summed E-state index contributed by atoms with van der Waals surface area (Å²) in [7, 11) is 1.67. The molecule has 1 aromatic carbocycles. The van der Waals surface area contributed by atoms with Crippen molar-refractivity contribution >= 4 is 5.69 Å². The highest BCUT2D eigenvalue weighted by Gasteiger charge is 2.07. The van der Waals surface area contributed by atoms with Crippen LogP contribution in [0, 0.1) is 0 Å². The molecule has 0 aliphatic rings. The molecule has 0 aromatic heterocycles. The van der Waals surface area contributed by atoms with Crippen molar-refractivity contribution in [3.63, 3.8) is 0 Å². The minimum atomic E-state index is -0.127. The minimum absolute atomic E-state index is 0.127. The van der Waals surface area contributed by atoms with Gasteiger partial charge in [-0.3, -0.25) is 0 Å². The van der Waals surface area contributed by atoms with Crippen LogP contribution in [0.4, 0.5) is 5.69 Å². The lowest BCUT2D eigenvalue weighted by Crippen LogP contribution is -2.21. The number of ether oxygens (including phenoxy) is 3. The van der Waals surface area contributed by atoms with Gasteiger partial charge in [0, 0.05) is 37.9 Å². The molecule has 0 saturated heterocycles. The molecule has 0 aliphatic heterocycles. The van der Waals surface area contributed by atoms with E-state index in [0.29, 0.717) is 13.2 Å². The molecule has 102 valence electrons. The summed E-state index contributed by atoms with van der Waals surface area (Å²) in [5.41, 5.74) is 1.04. The van der Waals surface area contributed by atoms with E-state index in [1.165, 1.54) is 0 Å². The van der Waals surface area contributed by atoms with Crippen LogP contribution in [0.15, 0.2) is 24.3 Å². The Morgan fingerprint density at radius 1 is 1.17 bits per heavy atom. The Morgan fingerprint density at radius 3 is 2.50 bits per heavy atom. The number of anilines is 1. The first-order chi connectivity index (χ1) is 8.80. The van der Waals surface area contributed by atoms with Crippen molar-refractivity contribution in [2.45, 2.75) is 26.6 Å². The second-order valence-corrected chi connectivity index (χ2v) is 3.79. The topological polar surface area (TPSA) is 39.7 Å². The van der Waals surface area contributed by atoms with E-state index in [4.69, 9.17) is 14.2 Å². The summed E-state index contributed by atoms with van der Waals surface area (Å²) in [6.45, 7) is 6.09. The molecule has 0 amide bonds. The summed E-state index contributed by atoms with van der Waals surface area (Å²) in [5, 5.41) is 3.33. The number of methoxy groups -OCH3 is 1. The molecule has 0 unspecified atom stereocenters.